The van der Waals surface area contributed by atoms with Crippen LogP contribution in [-0.4, -0.2) is 53.8 Å². The van der Waals surface area contributed by atoms with E-state index in [1.54, 1.807) is 25.1 Å². The molecule has 1 N–H and O–H groups in total. The lowest BCUT2D eigenvalue weighted by atomic mass is 10.1. The number of carboxylic acids is 1. The average molecular weight is 376 g/mol. The van der Waals surface area contributed by atoms with Crippen molar-refractivity contribution in [3.8, 4) is 5.75 Å². The predicted octanol–water partition coefficient (Wildman–Crippen LogP) is 2.85. The normalized spacial score (nSPS) is 16.5. The second kappa shape index (κ2) is 8.55. The third kappa shape index (κ3) is 4.75. The van der Waals surface area contributed by atoms with Gasteiger partial charge in [-0.25, -0.2) is 0 Å². The molecule has 2 rings (SSSR count). The SMILES string of the molecule is C[C@@H](Oc1cccc(Cl)c1Cl)C(=O)N(CC(=O)O)C1CCOCC1. The Hall–Kier alpha value is -1.50. The molecule has 1 fully saturated rings. The van der Waals surface area contributed by atoms with Gasteiger partial charge in [-0.05, 0) is 31.9 Å². The minimum absolute atomic E-state index is 0.178. The first-order valence-corrected chi connectivity index (χ1v) is 8.36. The number of carbonyl (C=O) groups is 2. The fraction of sp³-hybridized carbons (Fsp3) is 0.500. The summed E-state index contributed by atoms with van der Waals surface area (Å²) in [6.07, 6.45) is 0.316. The van der Waals surface area contributed by atoms with Crippen LogP contribution in [-0.2, 0) is 14.3 Å². The summed E-state index contributed by atoms with van der Waals surface area (Å²) in [5, 5.41) is 9.65. The van der Waals surface area contributed by atoms with Gasteiger partial charge < -0.3 is 19.5 Å². The van der Waals surface area contributed by atoms with Crippen LogP contribution in [0.2, 0.25) is 10.0 Å². The van der Waals surface area contributed by atoms with Crippen LogP contribution >= 0.6 is 23.2 Å². The number of benzene rings is 1. The summed E-state index contributed by atoms with van der Waals surface area (Å²) in [6.45, 7) is 2.20. The number of aliphatic carboxylic acids is 1. The molecule has 6 nitrogen and oxygen atoms in total. The first kappa shape index (κ1) is 18.8. The van der Waals surface area contributed by atoms with Gasteiger partial charge in [-0.3, -0.25) is 9.59 Å². The Bertz CT molecular complexity index is 604. The van der Waals surface area contributed by atoms with Crippen molar-refractivity contribution in [2.75, 3.05) is 19.8 Å². The Balaban J connectivity index is 2.12. The molecule has 1 amide bonds. The van der Waals surface area contributed by atoms with Gasteiger partial charge >= 0.3 is 5.97 Å². The van der Waals surface area contributed by atoms with E-state index in [2.05, 4.69) is 0 Å². The molecule has 0 aromatic heterocycles. The molecule has 1 heterocycles. The number of carboxylic acid groups (broad SMARTS) is 1. The Morgan fingerprint density at radius 2 is 2.04 bits per heavy atom. The third-order valence-corrected chi connectivity index (χ3v) is 4.59. The molecule has 0 spiro atoms. The van der Waals surface area contributed by atoms with Crippen molar-refractivity contribution in [1.29, 1.82) is 0 Å². The molecule has 1 atom stereocenters. The van der Waals surface area contributed by atoms with Crippen molar-refractivity contribution in [3.05, 3.63) is 28.2 Å². The van der Waals surface area contributed by atoms with Crippen LogP contribution < -0.4 is 4.74 Å². The van der Waals surface area contributed by atoms with Crippen LogP contribution in [0.3, 0.4) is 0 Å². The fourth-order valence-electron chi connectivity index (χ4n) is 2.58. The summed E-state index contributed by atoms with van der Waals surface area (Å²) in [7, 11) is 0. The maximum atomic E-state index is 12.7. The van der Waals surface area contributed by atoms with Gasteiger partial charge in [0, 0.05) is 19.3 Å². The highest BCUT2D eigenvalue weighted by Gasteiger charge is 2.31. The lowest BCUT2D eigenvalue weighted by molar-refractivity contribution is -0.151. The molecule has 132 valence electrons. The van der Waals surface area contributed by atoms with Crippen molar-refractivity contribution >= 4 is 35.1 Å². The topological polar surface area (TPSA) is 76.1 Å². The highest BCUT2D eigenvalue weighted by Crippen LogP contribution is 2.32. The first-order valence-electron chi connectivity index (χ1n) is 7.61. The van der Waals surface area contributed by atoms with Crippen LogP contribution in [0.15, 0.2) is 18.2 Å². The van der Waals surface area contributed by atoms with Crippen molar-refractivity contribution in [1.82, 2.24) is 4.90 Å². The summed E-state index contributed by atoms with van der Waals surface area (Å²) in [6, 6.07) is 4.70. The van der Waals surface area contributed by atoms with Crippen molar-refractivity contribution < 1.29 is 24.2 Å². The van der Waals surface area contributed by atoms with Crippen molar-refractivity contribution in [2.45, 2.75) is 31.9 Å². The summed E-state index contributed by atoms with van der Waals surface area (Å²) in [4.78, 5) is 25.2. The Kier molecular flexibility index (Phi) is 6.71. The number of ether oxygens (including phenoxy) is 2. The van der Waals surface area contributed by atoms with Crippen LogP contribution in [0.4, 0.5) is 0 Å². The van der Waals surface area contributed by atoms with Crippen LogP contribution in [0.25, 0.3) is 0 Å². The second-order valence-electron chi connectivity index (χ2n) is 5.52. The molecule has 1 aromatic rings. The third-order valence-electron chi connectivity index (χ3n) is 3.79. The second-order valence-corrected chi connectivity index (χ2v) is 6.30. The molecule has 1 aliphatic heterocycles. The van der Waals surface area contributed by atoms with E-state index in [-0.39, 0.29) is 23.4 Å². The highest BCUT2D eigenvalue weighted by molar-refractivity contribution is 6.42. The van der Waals surface area contributed by atoms with E-state index in [1.165, 1.54) is 4.90 Å². The first-order chi connectivity index (χ1) is 11.4. The molecule has 1 saturated heterocycles. The number of amides is 1. The Morgan fingerprint density at radius 1 is 1.38 bits per heavy atom. The molecular weight excluding hydrogens is 357 g/mol. The van der Waals surface area contributed by atoms with Gasteiger partial charge in [0.15, 0.2) is 6.10 Å². The smallest absolute Gasteiger partial charge is 0.323 e. The van der Waals surface area contributed by atoms with E-state index >= 15 is 0 Å². The van der Waals surface area contributed by atoms with Crippen molar-refractivity contribution in [2.24, 2.45) is 0 Å². The Labute approximate surface area is 150 Å². The molecular formula is C16H19Cl2NO5. The summed E-state index contributed by atoms with van der Waals surface area (Å²) in [5.74, 6) is -1.18. The zero-order valence-corrected chi connectivity index (χ0v) is 14.7. The lowest BCUT2D eigenvalue weighted by Gasteiger charge is -2.34. The van der Waals surface area contributed by atoms with Gasteiger partial charge in [0.2, 0.25) is 0 Å². The largest absolute Gasteiger partial charge is 0.480 e. The summed E-state index contributed by atoms with van der Waals surface area (Å²) < 4.78 is 10.9. The summed E-state index contributed by atoms with van der Waals surface area (Å²) in [5.41, 5.74) is 0. The molecule has 1 aromatic carbocycles. The molecule has 0 radical (unpaired) electrons. The zero-order chi connectivity index (χ0) is 17.7. The van der Waals surface area contributed by atoms with E-state index in [1.807, 2.05) is 0 Å². The monoisotopic (exact) mass is 375 g/mol. The van der Waals surface area contributed by atoms with E-state index < -0.39 is 18.0 Å². The van der Waals surface area contributed by atoms with Gasteiger partial charge in [0.25, 0.3) is 5.91 Å². The number of halogens is 2. The van der Waals surface area contributed by atoms with Gasteiger partial charge in [-0.2, -0.15) is 0 Å². The molecule has 0 bridgehead atoms. The van der Waals surface area contributed by atoms with Gasteiger partial charge in [-0.15, -0.1) is 0 Å². The maximum Gasteiger partial charge on any atom is 0.323 e. The Morgan fingerprint density at radius 3 is 2.67 bits per heavy atom. The number of hydrogen-bond donors (Lipinski definition) is 1. The lowest BCUT2D eigenvalue weighted by Crippen LogP contribution is -2.50. The molecule has 0 aliphatic carbocycles. The summed E-state index contributed by atoms with van der Waals surface area (Å²) >= 11 is 12.0. The predicted molar refractivity (Wildman–Crippen MR) is 89.7 cm³/mol. The van der Waals surface area contributed by atoms with Crippen LogP contribution in [0, 0.1) is 0 Å². The van der Waals surface area contributed by atoms with Crippen molar-refractivity contribution in [3.63, 3.8) is 0 Å². The number of rotatable bonds is 6. The number of nitrogens with zero attached hydrogens (tertiary/aromatic N) is 1. The molecule has 24 heavy (non-hydrogen) atoms. The minimum atomic E-state index is -1.07. The molecule has 0 unspecified atom stereocenters. The molecule has 0 saturated carbocycles. The maximum absolute atomic E-state index is 12.7. The van der Waals surface area contributed by atoms with Crippen LogP contribution in [0.5, 0.6) is 5.75 Å². The van der Waals surface area contributed by atoms with E-state index in [0.29, 0.717) is 31.1 Å². The van der Waals surface area contributed by atoms with E-state index in [9.17, 15) is 9.59 Å². The number of hydrogen-bond acceptors (Lipinski definition) is 4. The van der Waals surface area contributed by atoms with Gasteiger partial charge in [0.1, 0.15) is 17.3 Å². The quantitative estimate of drug-likeness (QED) is 0.826. The standard InChI is InChI=1S/C16H19Cl2NO5/c1-10(24-13-4-2-3-12(17)15(13)18)16(22)19(9-14(20)21)11-5-7-23-8-6-11/h2-4,10-11H,5-9H2,1H3,(H,20,21)/t10-/m1/s1. The van der Waals surface area contributed by atoms with Crippen LogP contribution in [0.1, 0.15) is 19.8 Å². The van der Waals surface area contributed by atoms with E-state index in [4.69, 9.17) is 37.8 Å². The fourth-order valence-corrected chi connectivity index (χ4v) is 2.92. The molecule has 8 heteroatoms. The minimum Gasteiger partial charge on any atom is -0.480 e. The van der Waals surface area contributed by atoms with Gasteiger partial charge in [-0.1, -0.05) is 29.3 Å². The average Bonchev–Trinajstić information content (AvgIpc) is 2.56. The highest BCUT2D eigenvalue weighted by atomic mass is 35.5. The molecule has 1 aliphatic rings. The zero-order valence-electron chi connectivity index (χ0n) is 13.2. The number of carbonyl (C=O) groups excluding carboxylic acids is 1. The van der Waals surface area contributed by atoms with Gasteiger partial charge in [0.05, 0.1) is 5.02 Å². The van der Waals surface area contributed by atoms with E-state index in [0.717, 1.165) is 0 Å².